The fourth-order valence-corrected chi connectivity index (χ4v) is 4.52. The lowest BCUT2D eigenvalue weighted by Crippen LogP contribution is -2.34. The molecule has 4 rings (SSSR count). The normalized spacial score (nSPS) is 20.3. The smallest absolute Gasteiger partial charge is 0.315 e. The molecule has 0 spiro atoms. The number of nitrogens with zero attached hydrogens (tertiary/aromatic N) is 2. The Hall–Kier alpha value is -1.96. The molecule has 1 aliphatic heterocycles. The summed E-state index contributed by atoms with van der Waals surface area (Å²) in [4.78, 5) is 8.85. The van der Waals surface area contributed by atoms with E-state index in [1.54, 1.807) is 35.7 Å². The molecule has 3 nitrogen and oxygen atoms in total. The molecule has 2 aromatic heterocycles. The molecule has 3 heterocycles. The minimum Gasteiger partial charge on any atom is -0.315 e. The quantitative estimate of drug-likeness (QED) is 0.546. The molecule has 1 aliphatic rings. The van der Waals surface area contributed by atoms with Crippen molar-refractivity contribution in [1.82, 2.24) is 15.3 Å². The number of piperidine rings is 1. The SMILES string of the molecule is FC(F)(F)c1ccc(C2CNCC(c3nc(-c4ccc(Cl)nc4)cs3)C2)cc1. The number of rotatable bonds is 3. The van der Waals surface area contributed by atoms with E-state index < -0.39 is 11.7 Å². The summed E-state index contributed by atoms with van der Waals surface area (Å²) in [5, 5.41) is 6.86. The van der Waals surface area contributed by atoms with Crippen molar-refractivity contribution in [2.75, 3.05) is 13.1 Å². The summed E-state index contributed by atoms with van der Waals surface area (Å²) in [5.74, 6) is 0.380. The maximum absolute atomic E-state index is 12.8. The lowest BCUT2D eigenvalue weighted by molar-refractivity contribution is -0.137. The molecule has 2 atom stereocenters. The molecule has 0 radical (unpaired) electrons. The summed E-state index contributed by atoms with van der Waals surface area (Å²) < 4.78 is 38.3. The monoisotopic (exact) mass is 423 g/mol. The minimum absolute atomic E-state index is 0.158. The van der Waals surface area contributed by atoms with Gasteiger partial charge >= 0.3 is 6.18 Å². The molecule has 0 bridgehead atoms. The number of hydrogen-bond donors (Lipinski definition) is 1. The van der Waals surface area contributed by atoms with E-state index in [1.807, 2.05) is 11.4 Å². The molecule has 1 saturated heterocycles. The second-order valence-electron chi connectivity index (χ2n) is 6.85. The van der Waals surface area contributed by atoms with Gasteiger partial charge in [-0.05, 0) is 42.2 Å². The number of benzene rings is 1. The number of hydrogen-bond acceptors (Lipinski definition) is 4. The predicted octanol–water partition coefficient (Wildman–Crippen LogP) is 5.74. The molecule has 0 saturated carbocycles. The highest BCUT2D eigenvalue weighted by Gasteiger charge is 2.31. The van der Waals surface area contributed by atoms with Crippen molar-refractivity contribution < 1.29 is 13.2 Å². The van der Waals surface area contributed by atoms with Gasteiger partial charge in [0.25, 0.3) is 0 Å². The second kappa shape index (κ2) is 7.81. The first-order valence-electron chi connectivity index (χ1n) is 8.85. The summed E-state index contributed by atoms with van der Waals surface area (Å²) in [6.45, 7) is 1.56. The third-order valence-corrected chi connectivity index (χ3v) is 6.19. The highest BCUT2D eigenvalue weighted by atomic mass is 35.5. The van der Waals surface area contributed by atoms with Crippen LogP contribution >= 0.6 is 22.9 Å². The Morgan fingerprint density at radius 2 is 1.79 bits per heavy atom. The van der Waals surface area contributed by atoms with Gasteiger partial charge in [-0.3, -0.25) is 0 Å². The zero-order valence-electron chi connectivity index (χ0n) is 14.7. The van der Waals surface area contributed by atoms with Crippen LogP contribution in [0.4, 0.5) is 13.2 Å². The number of pyridine rings is 1. The molecule has 3 aromatic rings. The van der Waals surface area contributed by atoms with Gasteiger partial charge in [-0.15, -0.1) is 11.3 Å². The van der Waals surface area contributed by atoms with Gasteiger partial charge in [0, 0.05) is 36.1 Å². The van der Waals surface area contributed by atoms with Crippen molar-refractivity contribution in [3.05, 3.63) is 69.3 Å². The second-order valence-corrected chi connectivity index (χ2v) is 8.13. The largest absolute Gasteiger partial charge is 0.416 e. The van der Waals surface area contributed by atoms with E-state index in [9.17, 15) is 13.2 Å². The Morgan fingerprint density at radius 3 is 2.46 bits per heavy atom. The van der Waals surface area contributed by atoms with E-state index in [4.69, 9.17) is 16.6 Å². The van der Waals surface area contributed by atoms with Crippen LogP contribution in [0.3, 0.4) is 0 Å². The summed E-state index contributed by atoms with van der Waals surface area (Å²) in [6, 6.07) is 9.12. The molecule has 8 heteroatoms. The molecular formula is C20H17ClF3N3S. The maximum Gasteiger partial charge on any atom is 0.416 e. The molecule has 0 amide bonds. The number of halogens is 4. The van der Waals surface area contributed by atoms with E-state index in [0.717, 1.165) is 53.5 Å². The first kappa shape index (κ1) is 19.4. The third-order valence-electron chi connectivity index (χ3n) is 4.95. The number of nitrogens with one attached hydrogen (secondary N) is 1. The molecule has 1 fully saturated rings. The highest BCUT2D eigenvalue weighted by Crippen LogP contribution is 2.36. The van der Waals surface area contributed by atoms with Gasteiger partial charge in [0.2, 0.25) is 0 Å². The number of aromatic nitrogens is 2. The van der Waals surface area contributed by atoms with E-state index in [1.165, 1.54) is 0 Å². The van der Waals surface area contributed by atoms with Crippen LogP contribution in [-0.4, -0.2) is 23.1 Å². The average molecular weight is 424 g/mol. The van der Waals surface area contributed by atoms with E-state index in [0.29, 0.717) is 5.15 Å². The zero-order chi connectivity index (χ0) is 19.7. The van der Waals surface area contributed by atoms with Crippen molar-refractivity contribution in [2.24, 2.45) is 0 Å². The van der Waals surface area contributed by atoms with Crippen LogP contribution in [0.5, 0.6) is 0 Å². The molecule has 2 unspecified atom stereocenters. The van der Waals surface area contributed by atoms with Crippen LogP contribution in [0.1, 0.15) is 34.4 Å². The van der Waals surface area contributed by atoms with Crippen molar-refractivity contribution >= 4 is 22.9 Å². The summed E-state index contributed by atoms with van der Waals surface area (Å²) in [6.07, 6.45) is -1.75. The van der Waals surface area contributed by atoms with Gasteiger partial charge in [0.15, 0.2) is 0 Å². The Bertz CT molecular complexity index is 939. The number of alkyl halides is 3. The summed E-state index contributed by atoms with van der Waals surface area (Å²) >= 11 is 7.43. The first-order valence-corrected chi connectivity index (χ1v) is 10.1. The van der Waals surface area contributed by atoms with Gasteiger partial charge < -0.3 is 5.32 Å². The Balaban J connectivity index is 1.49. The molecule has 146 valence electrons. The van der Waals surface area contributed by atoms with Crippen molar-refractivity contribution in [2.45, 2.75) is 24.4 Å². The van der Waals surface area contributed by atoms with E-state index >= 15 is 0 Å². The third kappa shape index (κ3) is 4.21. The standard InChI is InChI=1S/C20H17ClF3N3S/c21-18-6-3-13(10-26-18)17-11-28-19(27-17)15-7-14(8-25-9-15)12-1-4-16(5-2-12)20(22,23)24/h1-6,10-11,14-15,25H,7-9H2. The van der Waals surface area contributed by atoms with Crippen LogP contribution in [0.15, 0.2) is 48.0 Å². The maximum atomic E-state index is 12.8. The molecule has 1 aromatic carbocycles. The van der Waals surface area contributed by atoms with Crippen molar-refractivity contribution in [1.29, 1.82) is 0 Å². The Morgan fingerprint density at radius 1 is 1.04 bits per heavy atom. The minimum atomic E-state index is -4.31. The van der Waals surface area contributed by atoms with Crippen molar-refractivity contribution in [3.8, 4) is 11.3 Å². The van der Waals surface area contributed by atoms with Crippen LogP contribution in [-0.2, 0) is 6.18 Å². The number of thiazole rings is 1. The van der Waals surface area contributed by atoms with Gasteiger partial charge in [-0.1, -0.05) is 23.7 Å². The van der Waals surface area contributed by atoms with Gasteiger partial charge in [0.05, 0.1) is 16.3 Å². The molecule has 28 heavy (non-hydrogen) atoms. The highest BCUT2D eigenvalue weighted by molar-refractivity contribution is 7.10. The van der Waals surface area contributed by atoms with Gasteiger partial charge in [-0.2, -0.15) is 13.2 Å². The van der Waals surface area contributed by atoms with E-state index in [2.05, 4.69) is 10.3 Å². The molecule has 0 aliphatic carbocycles. The fraction of sp³-hybridized carbons (Fsp3) is 0.300. The topological polar surface area (TPSA) is 37.8 Å². The summed E-state index contributed by atoms with van der Waals surface area (Å²) in [5.41, 5.74) is 2.08. The fourth-order valence-electron chi connectivity index (χ4n) is 3.46. The van der Waals surface area contributed by atoms with Crippen LogP contribution in [0.25, 0.3) is 11.3 Å². The predicted molar refractivity (Wildman–Crippen MR) is 105 cm³/mol. The Labute approximate surface area is 169 Å². The first-order chi connectivity index (χ1) is 13.4. The molecule has 1 N–H and O–H groups in total. The van der Waals surface area contributed by atoms with Crippen LogP contribution in [0, 0.1) is 0 Å². The van der Waals surface area contributed by atoms with Crippen LogP contribution < -0.4 is 5.32 Å². The zero-order valence-corrected chi connectivity index (χ0v) is 16.3. The molecular weight excluding hydrogens is 407 g/mol. The Kier molecular flexibility index (Phi) is 5.40. The van der Waals surface area contributed by atoms with Crippen LogP contribution in [0.2, 0.25) is 5.15 Å². The van der Waals surface area contributed by atoms with E-state index in [-0.39, 0.29) is 11.8 Å². The lowest BCUT2D eigenvalue weighted by atomic mass is 9.85. The van der Waals surface area contributed by atoms with Crippen molar-refractivity contribution in [3.63, 3.8) is 0 Å². The lowest BCUT2D eigenvalue weighted by Gasteiger charge is -2.29. The summed E-state index contributed by atoms with van der Waals surface area (Å²) in [7, 11) is 0. The average Bonchev–Trinajstić information content (AvgIpc) is 3.18. The van der Waals surface area contributed by atoms with Gasteiger partial charge in [0.1, 0.15) is 5.15 Å². The van der Waals surface area contributed by atoms with Gasteiger partial charge in [-0.25, -0.2) is 9.97 Å².